The van der Waals surface area contributed by atoms with E-state index in [9.17, 15) is 50.1 Å². The molecule has 0 aliphatic heterocycles. The van der Waals surface area contributed by atoms with Crippen molar-refractivity contribution in [2.75, 3.05) is 0 Å². The summed E-state index contributed by atoms with van der Waals surface area (Å²) in [6, 6.07) is 7.50. The third kappa shape index (κ3) is 6.78. The second-order valence-corrected chi connectivity index (χ2v) is 8.35. The number of carboxylic acid groups (broad SMARTS) is 1. The number of aromatic hydroxyl groups is 4. The van der Waals surface area contributed by atoms with Crippen LogP contribution in [0.5, 0.6) is 23.0 Å². The quantitative estimate of drug-likeness (QED) is 0.156. The molecule has 0 spiro atoms. The molecule has 1 saturated carbocycles. The number of aliphatic hydroxyl groups excluding tert-OH is 1. The number of carboxylic acids is 1. The summed E-state index contributed by atoms with van der Waals surface area (Å²) in [6.07, 6.45) is -1.86. The predicted octanol–water partition coefficient (Wildman–Crippen LogP) is 1.03. The maximum absolute atomic E-state index is 12.4. The Hall–Kier alpha value is -4.55. The van der Waals surface area contributed by atoms with Crippen LogP contribution in [0.1, 0.15) is 24.0 Å². The SMILES string of the molecule is O=C(/C=C/c1ccc(O)c(O)c1)O[C@@H]1[C@@H](OC(=O)/C=C/c2ccc(O)c(O)c2)C[C@@](O)(C(=O)O)C[C@@H]1O. The zero-order chi connectivity index (χ0) is 27.3. The lowest BCUT2D eigenvalue weighted by atomic mass is 9.79. The van der Waals surface area contributed by atoms with Crippen molar-refractivity contribution < 1.29 is 59.6 Å². The molecular formula is C25H24O12. The largest absolute Gasteiger partial charge is 0.504 e. The molecule has 0 aromatic heterocycles. The van der Waals surface area contributed by atoms with E-state index in [1.165, 1.54) is 42.5 Å². The molecular weight excluding hydrogens is 492 g/mol. The predicted molar refractivity (Wildman–Crippen MR) is 125 cm³/mol. The third-order valence-electron chi connectivity index (χ3n) is 5.57. The highest BCUT2D eigenvalue weighted by molar-refractivity contribution is 5.88. The molecule has 7 N–H and O–H groups in total. The number of phenols is 4. The van der Waals surface area contributed by atoms with Crippen LogP contribution in [0.15, 0.2) is 48.6 Å². The summed E-state index contributed by atoms with van der Waals surface area (Å²) in [5, 5.41) is 68.0. The number of rotatable bonds is 7. The highest BCUT2D eigenvalue weighted by atomic mass is 16.6. The molecule has 1 aliphatic carbocycles. The Morgan fingerprint density at radius 2 is 1.27 bits per heavy atom. The lowest BCUT2D eigenvalue weighted by Crippen LogP contribution is -2.58. The molecule has 196 valence electrons. The summed E-state index contributed by atoms with van der Waals surface area (Å²) in [4.78, 5) is 36.3. The fraction of sp³-hybridized carbons (Fsp3) is 0.240. The van der Waals surface area contributed by atoms with E-state index < -0.39 is 66.2 Å². The summed E-state index contributed by atoms with van der Waals surface area (Å²) in [7, 11) is 0. The zero-order valence-electron chi connectivity index (χ0n) is 19.1. The van der Waals surface area contributed by atoms with Gasteiger partial charge >= 0.3 is 17.9 Å². The molecule has 0 bridgehead atoms. The minimum absolute atomic E-state index is 0.311. The van der Waals surface area contributed by atoms with Gasteiger partial charge in [0, 0.05) is 25.0 Å². The summed E-state index contributed by atoms with van der Waals surface area (Å²) in [6.45, 7) is 0. The van der Waals surface area contributed by atoms with Crippen molar-refractivity contribution in [3.8, 4) is 23.0 Å². The van der Waals surface area contributed by atoms with Gasteiger partial charge in [0.05, 0.1) is 6.10 Å². The highest BCUT2D eigenvalue weighted by Crippen LogP contribution is 2.33. The molecule has 2 aromatic rings. The number of carbonyl (C=O) groups is 3. The number of ether oxygens (including phenoxy) is 2. The van der Waals surface area contributed by atoms with Crippen LogP contribution < -0.4 is 0 Å². The third-order valence-corrected chi connectivity index (χ3v) is 5.57. The van der Waals surface area contributed by atoms with Crippen LogP contribution in [0, 0.1) is 0 Å². The minimum Gasteiger partial charge on any atom is -0.504 e. The van der Waals surface area contributed by atoms with Gasteiger partial charge < -0.3 is 45.2 Å². The van der Waals surface area contributed by atoms with Crippen LogP contribution in [-0.2, 0) is 23.9 Å². The first-order chi connectivity index (χ1) is 17.4. The number of hydrogen-bond donors (Lipinski definition) is 7. The Morgan fingerprint density at radius 3 is 1.73 bits per heavy atom. The average Bonchev–Trinajstić information content (AvgIpc) is 2.82. The molecule has 0 saturated heterocycles. The lowest BCUT2D eigenvalue weighted by Gasteiger charge is -2.40. The smallest absolute Gasteiger partial charge is 0.335 e. The summed E-state index contributed by atoms with van der Waals surface area (Å²) < 4.78 is 10.4. The first-order valence-corrected chi connectivity index (χ1v) is 10.8. The van der Waals surface area contributed by atoms with Gasteiger partial charge in [0.1, 0.15) is 6.10 Å². The number of esters is 2. The van der Waals surface area contributed by atoms with Gasteiger partial charge in [-0.05, 0) is 47.5 Å². The van der Waals surface area contributed by atoms with Crippen LogP contribution in [0.25, 0.3) is 12.2 Å². The number of carbonyl (C=O) groups excluding carboxylic acids is 2. The molecule has 0 radical (unpaired) electrons. The number of aliphatic hydroxyl groups is 2. The fourth-order valence-electron chi connectivity index (χ4n) is 3.66. The van der Waals surface area contributed by atoms with Crippen molar-refractivity contribution in [1.29, 1.82) is 0 Å². The monoisotopic (exact) mass is 516 g/mol. The van der Waals surface area contributed by atoms with Crippen molar-refractivity contribution >= 4 is 30.1 Å². The van der Waals surface area contributed by atoms with E-state index in [1.807, 2.05) is 0 Å². The second-order valence-electron chi connectivity index (χ2n) is 8.35. The van der Waals surface area contributed by atoms with Gasteiger partial charge in [0.15, 0.2) is 34.7 Å². The highest BCUT2D eigenvalue weighted by Gasteiger charge is 2.52. The van der Waals surface area contributed by atoms with E-state index in [0.29, 0.717) is 11.1 Å². The van der Waals surface area contributed by atoms with Crippen LogP contribution in [-0.4, -0.2) is 77.6 Å². The zero-order valence-corrected chi connectivity index (χ0v) is 19.1. The van der Waals surface area contributed by atoms with Gasteiger partial charge in [0.2, 0.25) is 0 Å². The average molecular weight is 516 g/mol. The Bertz CT molecular complexity index is 1250. The molecule has 0 unspecified atom stereocenters. The molecule has 4 atom stereocenters. The van der Waals surface area contributed by atoms with Crippen molar-refractivity contribution in [2.45, 2.75) is 36.8 Å². The summed E-state index contributed by atoms with van der Waals surface area (Å²) >= 11 is 0. The van der Waals surface area contributed by atoms with Crippen LogP contribution >= 0.6 is 0 Å². The van der Waals surface area contributed by atoms with E-state index >= 15 is 0 Å². The molecule has 1 aliphatic rings. The standard InChI is InChI=1S/C25H24O12/c26-15-5-1-13(9-17(15)28)3-7-21(31)36-20-12-25(35,24(33)34)11-19(30)23(20)37-22(32)8-4-14-2-6-16(27)18(29)10-14/h1-10,19-20,23,26-30,35H,11-12H2,(H,33,34)/b7-3+,8-4+/t19-,20-,23-,25+/m0/s1. The van der Waals surface area contributed by atoms with Gasteiger partial charge in [-0.15, -0.1) is 0 Å². The summed E-state index contributed by atoms with van der Waals surface area (Å²) in [5.41, 5.74) is -1.82. The molecule has 37 heavy (non-hydrogen) atoms. The topological polar surface area (TPSA) is 211 Å². The van der Waals surface area contributed by atoms with Crippen molar-refractivity contribution in [3.05, 3.63) is 59.7 Å². The summed E-state index contributed by atoms with van der Waals surface area (Å²) in [5.74, 6) is -5.29. The Morgan fingerprint density at radius 1 is 0.784 bits per heavy atom. The molecule has 3 rings (SSSR count). The maximum atomic E-state index is 12.4. The number of phenolic OH excluding ortho intramolecular Hbond substituents is 4. The molecule has 0 amide bonds. The van der Waals surface area contributed by atoms with E-state index in [-0.39, 0.29) is 11.5 Å². The molecule has 12 nitrogen and oxygen atoms in total. The van der Waals surface area contributed by atoms with Crippen LogP contribution in [0.3, 0.4) is 0 Å². The first-order valence-electron chi connectivity index (χ1n) is 10.8. The minimum atomic E-state index is -2.46. The maximum Gasteiger partial charge on any atom is 0.335 e. The fourth-order valence-corrected chi connectivity index (χ4v) is 3.66. The second kappa shape index (κ2) is 11.0. The van der Waals surface area contributed by atoms with Crippen LogP contribution in [0.4, 0.5) is 0 Å². The van der Waals surface area contributed by atoms with E-state index in [0.717, 1.165) is 18.2 Å². The lowest BCUT2D eigenvalue weighted by molar-refractivity contribution is -0.204. The van der Waals surface area contributed by atoms with Crippen molar-refractivity contribution in [3.63, 3.8) is 0 Å². The first kappa shape index (κ1) is 27.0. The number of benzene rings is 2. The molecule has 2 aromatic carbocycles. The van der Waals surface area contributed by atoms with E-state index in [1.54, 1.807) is 0 Å². The van der Waals surface area contributed by atoms with Gasteiger partial charge in [-0.1, -0.05) is 12.1 Å². The molecule has 0 heterocycles. The van der Waals surface area contributed by atoms with Gasteiger partial charge in [-0.3, -0.25) is 0 Å². The molecule has 1 fully saturated rings. The molecule has 12 heteroatoms. The van der Waals surface area contributed by atoms with Gasteiger partial charge in [0.25, 0.3) is 0 Å². The Labute approximate surface area is 209 Å². The van der Waals surface area contributed by atoms with Crippen molar-refractivity contribution in [1.82, 2.24) is 0 Å². The Kier molecular flexibility index (Phi) is 8.05. The van der Waals surface area contributed by atoms with Crippen LogP contribution in [0.2, 0.25) is 0 Å². The van der Waals surface area contributed by atoms with E-state index in [2.05, 4.69) is 0 Å². The van der Waals surface area contributed by atoms with E-state index in [4.69, 9.17) is 9.47 Å². The van der Waals surface area contributed by atoms with Crippen molar-refractivity contribution in [2.24, 2.45) is 0 Å². The number of aliphatic carboxylic acids is 1. The van der Waals surface area contributed by atoms with Gasteiger partial charge in [-0.25, -0.2) is 14.4 Å². The number of hydrogen-bond acceptors (Lipinski definition) is 11. The Balaban J connectivity index is 1.75. The van der Waals surface area contributed by atoms with Gasteiger partial charge in [-0.2, -0.15) is 0 Å². The normalized spacial score (nSPS) is 23.7.